The summed E-state index contributed by atoms with van der Waals surface area (Å²) in [7, 11) is 3.59. The molecule has 5 heteroatoms. The monoisotopic (exact) mass is 230 g/mol. The van der Waals surface area contributed by atoms with Crippen molar-refractivity contribution in [2.75, 3.05) is 25.6 Å². The number of carbonyl (C=O) groups excluding carboxylic acids is 1. The van der Waals surface area contributed by atoms with Gasteiger partial charge in [-0.1, -0.05) is 0 Å². The van der Waals surface area contributed by atoms with Gasteiger partial charge in [0.25, 0.3) is 0 Å². The Morgan fingerprint density at radius 2 is 2.07 bits per heavy atom. The molecule has 0 N–H and O–H groups in total. The number of ketones is 1. The molecule has 78 valence electrons. The molecule has 0 spiro atoms. The van der Waals surface area contributed by atoms with Crippen molar-refractivity contribution in [1.29, 1.82) is 0 Å². The van der Waals surface area contributed by atoms with Crippen LogP contribution in [0.4, 0.5) is 0 Å². The number of carbonyl (C=O) groups is 1. The highest BCUT2D eigenvalue weighted by Crippen LogP contribution is 2.34. The largest absolute Gasteiger partial charge is 0.303 e. The summed E-state index contributed by atoms with van der Waals surface area (Å²) in [5, 5.41) is 5.49. The van der Waals surface area contributed by atoms with Gasteiger partial charge in [0.2, 0.25) is 0 Å². The molecular weight excluding hydrogens is 216 g/mol. The third kappa shape index (κ3) is 4.72. The zero-order valence-corrected chi connectivity index (χ0v) is 10.0. The first-order valence-corrected chi connectivity index (χ1v) is 6.38. The normalized spacial score (nSPS) is 17.1. The maximum Gasteiger partial charge on any atom is 0.200 e. The van der Waals surface area contributed by atoms with Gasteiger partial charge < -0.3 is 5.01 Å². The van der Waals surface area contributed by atoms with E-state index in [1.165, 1.54) is 12.6 Å². The van der Waals surface area contributed by atoms with Crippen molar-refractivity contribution >= 4 is 35.5 Å². The Kier molecular flexibility index (Phi) is 5.11. The Labute approximate surface area is 93.0 Å². The van der Waals surface area contributed by atoms with Gasteiger partial charge in [-0.2, -0.15) is 5.10 Å². The molecule has 1 aliphatic rings. The van der Waals surface area contributed by atoms with E-state index >= 15 is 0 Å². The number of hydrogen-bond acceptors (Lipinski definition) is 5. The summed E-state index contributed by atoms with van der Waals surface area (Å²) >= 11 is 3.51. The Balaban J connectivity index is 2.45. The first-order chi connectivity index (χ1) is 6.68. The second-order valence-electron chi connectivity index (χ2n) is 3.01. The summed E-state index contributed by atoms with van der Waals surface area (Å²) in [5.41, 5.74) is 0. The van der Waals surface area contributed by atoms with Crippen LogP contribution in [0.3, 0.4) is 0 Å². The van der Waals surface area contributed by atoms with Crippen LogP contribution in [0.25, 0.3) is 0 Å². The van der Waals surface area contributed by atoms with Crippen molar-refractivity contribution in [3.05, 3.63) is 10.3 Å². The smallest absolute Gasteiger partial charge is 0.200 e. The van der Waals surface area contributed by atoms with E-state index in [4.69, 9.17) is 0 Å². The van der Waals surface area contributed by atoms with Crippen LogP contribution in [-0.2, 0) is 4.79 Å². The van der Waals surface area contributed by atoms with Crippen molar-refractivity contribution in [2.45, 2.75) is 6.42 Å². The third-order valence-corrected chi connectivity index (χ3v) is 3.95. The van der Waals surface area contributed by atoms with Crippen LogP contribution in [0.1, 0.15) is 6.42 Å². The van der Waals surface area contributed by atoms with Crippen LogP contribution in [0.15, 0.2) is 15.4 Å². The van der Waals surface area contributed by atoms with E-state index in [-0.39, 0.29) is 5.78 Å². The van der Waals surface area contributed by atoms with E-state index in [9.17, 15) is 4.79 Å². The van der Waals surface area contributed by atoms with Crippen LogP contribution in [0.5, 0.6) is 0 Å². The number of hydrazone groups is 1. The SMILES string of the molecule is CN(C)/N=C/C(=O)C=C1SCCCS1. The minimum absolute atomic E-state index is 0.0319. The van der Waals surface area contributed by atoms with Gasteiger partial charge in [-0.25, -0.2) is 0 Å². The lowest BCUT2D eigenvalue weighted by atomic mass is 10.4. The first kappa shape index (κ1) is 11.7. The molecule has 0 radical (unpaired) electrons. The van der Waals surface area contributed by atoms with E-state index in [1.807, 2.05) is 0 Å². The summed E-state index contributed by atoms with van der Waals surface area (Å²) in [5.74, 6) is 2.21. The third-order valence-electron chi connectivity index (χ3n) is 1.45. The van der Waals surface area contributed by atoms with Crippen LogP contribution in [0, 0.1) is 0 Å². The minimum Gasteiger partial charge on any atom is -0.303 e. The molecule has 0 aromatic heterocycles. The second-order valence-corrected chi connectivity index (χ2v) is 5.54. The summed E-state index contributed by atoms with van der Waals surface area (Å²) < 4.78 is 1.12. The van der Waals surface area contributed by atoms with E-state index in [0.29, 0.717) is 0 Å². The number of thioether (sulfide) groups is 2. The van der Waals surface area contributed by atoms with Crippen LogP contribution in [0.2, 0.25) is 0 Å². The topological polar surface area (TPSA) is 32.7 Å². The molecule has 3 nitrogen and oxygen atoms in total. The van der Waals surface area contributed by atoms with Gasteiger partial charge in [0, 0.05) is 24.4 Å². The van der Waals surface area contributed by atoms with Crippen LogP contribution < -0.4 is 0 Å². The lowest BCUT2D eigenvalue weighted by molar-refractivity contribution is -0.108. The van der Waals surface area contributed by atoms with Crippen molar-refractivity contribution in [2.24, 2.45) is 5.10 Å². The van der Waals surface area contributed by atoms with Gasteiger partial charge in [0.1, 0.15) is 0 Å². The van der Waals surface area contributed by atoms with Gasteiger partial charge in [-0.15, -0.1) is 23.5 Å². The fourth-order valence-electron chi connectivity index (χ4n) is 0.855. The molecule has 1 saturated heterocycles. The average molecular weight is 230 g/mol. The molecule has 0 saturated carbocycles. The zero-order valence-electron chi connectivity index (χ0n) is 8.40. The predicted molar refractivity (Wildman–Crippen MR) is 64.8 cm³/mol. The van der Waals surface area contributed by atoms with Gasteiger partial charge in [0.15, 0.2) is 5.78 Å². The van der Waals surface area contributed by atoms with Gasteiger partial charge in [-0.05, 0) is 17.9 Å². The fourth-order valence-corrected chi connectivity index (χ4v) is 3.25. The maximum absolute atomic E-state index is 11.3. The average Bonchev–Trinajstić information content (AvgIpc) is 2.16. The van der Waals surface area contributed by atoms with Crippen molar-refractivity contribution in [3.8, 4) is 0 Å². The van der Waals surface area contributed by atoms with Gasteiger partial charge in [0.05, 0.1) is 6.21 Å². The molecule has 14 heavy (non-hydrogen) atoms. The molecule has 0 unspecified atom stereocenters. The number of rotatable bonds is 3. The highest BCUT2D eigenvalue weighted by Gasteiger charge is 2.07. The summed E-state index contributed by atoms with van der Waals surface area (Å²) in [6.07, 6.45) is 4.25. The fraction of sp³-hybridized carbons (Fsp3) is 0.556. The second kappa shape index (κ2) is 6.14. The Bertz CT molecular complexity index is 254. The molecule has 0 amide bonds. The van der Waals surface area contributed by atoms with E-state index in [0.717, 1.165) is 15.7 Å². The van der Waals surface area contributed by atoms with Crippen molar-refractivity contribution in [3.63, 3.8) is 0 Å². The quantitative estimate of drug-likeness (QED) is 0.420. The Morgan fingerprint density at radius 3 is 2.64 bits per heavy atom. The number of allylic oxidation sites excluding steroid dienone is 1. The highest BCUT2D eigenvalue weighted by molar-refractivity contribution is 8.22. The van der Waals surface area contributed by atoms with Gasteiger partial charge >= 0.3 is 0 Å². The molecular formula is C9H14N2OS2. The molecule has 1 rings (SSSR count). The van der Waals surface area contributed by atoms with E-state index in [2.05, 4.69) is 5.10 Å². The standard InChI is InChI=1S/C9H14N2OS2/c1-11(2)10-7-8(12)6-9-13-4-3-5-14-9/h6-7H,3-5H2,1-2H3/b10-7+. The summed E-state index contributed by atoms with van der Waals surface area (Å²) in [6.45, 7) is 0. The molecule has 0 bridgehead atoms. The lowest BCUT2D eigenvalue weighted by Gasteiger charge is -2.11. The summed E-state index contributed by atoms with van der Waals surface area (Å²) in [6, 6.07) is 0. The minimum atomic E-state index is -0.0319. The van der Waals surface area contributed by atoms with Gasteiger partial charge in [-0.3, -0.25) is 4.79 Å². The maximum atomic E-state index is 11.3. The highest BCUT2D eigenvalue weighted by atomic mass is 32.2. The Morgan fingerprint density at radius 1 is 1.43 bits per heavy atom. The molecule has 0 aliphatic carbocycles. The summed E-state index contributed by atoms with van der Waals surface area (Å²) in [4.78, 5) is 11.3. The van der Waals surface area contributed by atoms with Crippen molar-refractivity contribution in [1.82, 2.24) is 5.01 Å². The van der Waals surface area contributed by atoms with Crippen LogP contribution in [-0.4, -0.2) is 42.6 Å². The molecule has 0 aromatic rings. The zero-order chi connectivity index (χ0) is 10.4. The molecule has 1 aliphatic heterocycles. The Hall–Kier alpha value is -0.420. The van der Waals surface area contributed by atoms with E-state index in [1.54, 1.807) is 48.7 Å². The molecule has 0 aromatic carbocycles. The number of nitrogens with zero attached hydrogens (tertiary/aromatic N) is 2. The molecule has 1 fully saturated rings. The molecule has 0 atom stereocenters. The van der Waals surface area contributed by atoms with Crippen molar-refractivity contribution < 1.29 is 4.79 Å². The van der Waals surface area contributed by atoms with Crippen LogP contribution >= 0.6 is 23.5 Å². The van der Waals surface area contributed by atoms with E-state index < -0.39 is 0 Å². The predicted octanol–water partition coefficient (Wildman–Crippen LogP) is 1.81. The molecule has 1 heterocycles. The first-order valence-electron chi connectivity index (χ1n) is 4.41. The lowest BCUT2D eigenvalue weighted by Crippen LogP contribution is -2.05. The number of hydrogen-bond donors (Lipinski definition) is 0.